The molecule has 0 saturated heterocycles. The Morgan fingerprint density at radius 3 is 2.81 bits per heavy atom. The Balaban J connectivity index is 1.75. The fourth-order valence-electron chi connectivity index (χ4n) is 3.03. The lowest BCUT2D eigenvalue weighted by molar-refractivity contribution is 0.621. The average molecular weight is 351 g/mol. The first-order valence-corrected chi connectivity index (χ1v) is 8.48. The summed E-state index contributed by atoms with van der Waals surface area (Å²) >= 11 is 0. The standard InChI is InChI=1S/C18H18FN7/c1-3-4-14-16(22-11-26-17(14)23-12(2)24-26)10-25-8-7-20-18(25)15-6-5-13(19)9-21-15/h5-9,11H,3-4,10H2,1-2H3. The molecule has 0 aliphatic carbocycles. The van der Waals surface area contributed by atoms with Crippen LogP contribution in [0, 0.1) is 12.7 Å². The van der Waals surface area contributed by atoms with Gasteiger partial charge in [-0.25, -0.2) is 28.8 Å². The van der Waals surface area contributed by atoms with Gasteiger partial charge in [0.1, 0.15) is 23.7 Å². The maximum Gasteiger partial charge on any atom is 0.162 e. The minimum atomic E-state index is -0.369. The predicted molar refractivity (Wildman–Crippen MR) is 94.0 cm³/mol. The minimum absolute atomic E-state index is 0.369. The largest absolute Gasteiger partial charge is 0.324 e. The molecule has 0 bridgehead atoms. The summed E-state index contributed by atoms with van der Waals surface area (Å²) in [5, 5.41) is 4.35. The van der Waals surface area contributed by atoms with Crippen LogP contribution in [-0.4, -0.2) is 34.1 Å². The van der Waals surface area contributed by atoms with Crippen molar-refractivity contribution in [2.24, 2.45) is 0 Å². The third-order valence-electron chi connectivity index (χ3n) is 4.17. The molecule has 0 amide bonds. The molecule has 0 saturated carbocycles. The third kappa shape index (κ3) is 2.94. The van der Waals surface area contributed by atoms with E-state index in [0.717, 1.165) is 35.6 Å². The molecule has 4 rings (SSSR count). The highest BCUT2D eigenvalue weighted by Gasteiger charge is 2.15. The third-order valence-corrected chi connectivity index (χ3v) is 4.17. The van der Waals surface area contributed by atoms with E-state index in [2.05, 4.69) is 32.0 Å². The van der Waals surface area contributed by atoms with Gasteiger partial charge < -0.3 is 4.57 Å². The smallest absolute Gasteiger partial charge is 0.162 e. The molecule has 0 aliphatic rings. The number of hydrogen-bond donors (Lipinski definition) is 0. The summed E-state index contributed by atoms with van der Waals surface area (Å²) in [6.45, 7) is 4.53. The van der Waals surface area contributed by atoms with Gasteiger partial charge in [-0.2, -0.15) is 5.10 Å². The monoisotopic (exact) mass is 351 g/mol. The van der Waals surface area contributed by atoms with Crippen LogP contribution in [0.5, 0.6) is 0 Å². The van der Waals surface area contributed by atoms with Gasteiger partial charge in [-0.05, 0) is 25.5 Å². The van der Waals surface area contributed by atoms with Crippen molar-refractivity contribution >= 4 is 5.65 Å². The minimum Gasteiger partial charge on any atom is -0.324 e. The number of aromatic nitrogens is 7. The first-order valence-electron chi connectivity index (χ1n) is 8.48. The van der Waals surface area contributed by atoms with Crippen LogP contribution >= 0.6 is 0 Å². The van der Waals surface area contributed by atoms with Gasteiger partial charge in [-0.1, -0.05) is 13.3 Å². The highest BCUT2D eigenvalue weighted by Crippen LogP contribution is 2.20. The van der Waals surface area contributed by atoms with Crippen molar-refractivity contribution in [3.8, 4) is 11.5 Å². The first-order chi connectivity index (χ1) is 12.7. The lowest BCUT2D eigenvalue weighted by atomic mass is 10.1. The summed E-state index contributed by atoms with van der Waals surface area (Å²) in [4.78, 5) is 17.6. The van der Waals surface area contributed by atoms with E-state index < -0.39 is 0 Å². The number of imidazole rings is 1. The first kappa shape index (κ1) is 16.3. The Labute approximate surface area is 149 Å². The van der Waals surface area contributed by atoms with E-state index in [0.29, 0.717) is 18.1 Å². The molecule has 0 atom stereocenters. The Bertz CT molecular complexity index is 1050. The lowest BCUT2D eigenvalue weighted by Gasteiger charge is -2.11. The second-order valence-corrected chi connectivity index (χ2v) is 6.09. The quantitative estimate of drug-likeness (QED) is 0.553. The fraction of sp³-hybridized carbons (Fsp3) is 0.278. The maximum atomic E-state index is 13.1. The molecule has 26 heavy (non-hydrogen) atoms. The molecule has 4 heterocycles. The van der Waals surface area contributed by atoms with Gasteiger partial charge in [-0.15, -0.1) is 0 Å². The molecule has 0 unspecified atom stereocenters. The van der Waals surface area contributed by atoms with Crippen LogP contribution < -0.4 is 0 Å². The van der Waals surface area contributed by atoms with Crippen molar-refractivity contribution in [2.75, 3.05) is 0 Å². The number of fused-ring (bicyclic) bond motifs is 1. The van der Waals surface area contributed by atoms with Gasteiger partial charge in [0.05, 0.1) is 18.4 Å². The van der Waals surface area contributed by atoms with Crippen molar-refractivity contribution in [3.05, 3.63) is 59.9 Å². The summed E-state index contributed by atoms with van der Waals surface area (Å²) in [7, 11) is 0. The molecule has 0 radical (unpaired) electrons. The summed E-state index contributed by atoms with van der Waals surface area (Å²) < 4.78 is 16.8. The number of hydrogen-bond acceptors (Lipinski definition) is 5. The molecular weight excluding hydrogens is 333 g/mol. The van der Waals surface area contributed by atoms with Crippen molar-refractivity contribution in [2.45, 2.75) is 33.2 Å². The van der Waals surface area contributed by atoms with E-state index in [1.807, 2.05) is 17.7 Å². The van der Waals surface area contributed by atoms with Crippen LogP contribution in [0.4, 0.5) is 4.39 Å². The zero-order chi connectivity index (χ0) is 18.1. The lowest BCUT2D eigenvalue weighted by Crippen LogP contribution is -2.09. The Hall–Kier alpha value is -3.16. The molecular formula is C18H18FN7. The maximum absolute atomic E-state index is 13.1. The Kier molecular flexibility index (Phi) is 4.16. The molecule has 8 heteroatoms. The SMILES string of the molecule is CCCc1c(Cn2ccnc2-c2ccc(F)cn2)ncn2nc(C)nc12. The Morgan fingerprint density at radius 1 is 1.15 bits per heavy atom. The molecule has 0 aromatic carbocycles. The van der Waals surface area contributed by atoms with E-state index in [1.165, 1.54) is 12.3 Å². The molecule has 0 aliphatic heterocycles. The summed E-state index contributed by atoms with van der Waals surface area (Å²) in [6, 6.07) is 3.01. The van der Waals surface area contributed by atoms with E-state index in [4.69, 9.17) is 0 Å². The summed E-state index contributed by atoms with van der Waals surface area (Å²) in [6.07, 6.45) is 8.31. The van der Waals surface area contributed by atoms with Gasteiger partial charge in [-0.3, -0.25) is 0 Å². The Morgan fingerprint density at radius 2 is 2.04 bits per heavy atom. The van der Waals surface area contributed by atoms with Crippen LogP contribution in [0.15, 0.2) is 37.1 Å². The molecule has 0 spiro atoms. The average Bonchev–Trinajstić information content (AvgIpc) is 3.24. The van der Waals surface area contributed by atoms with Crippen molar-refractivity contribution < 1.29 is 4.39 Å². The number of halogens is 1. The van der Waals surface area contributed by atoms with E-state index >= 15 is 0 Å². The summed E-state index contributed by atoms with van der Waals surface area (Å²) in [5.41, 5.74) is 3.47. The number of pyridine rings is 1. The summed E-state index contributed by atoms with van der Waals surface area (Å²) in [5.74, 6) is 1.03. The molecule has 132 valence electrons. The zero-order valence-corrected chi connectivity index (χ0v) is 14.6. The van der Waals surface area contributed by atoms with Crippen molar-refractivity contribution in [1.29, 1.82) is 0 Å². The second kappa shape index (κ2) is 6.62. The van der Waals surface area contributed by atoms with Crippen molar-refractivity contribution in [1.82, 2.24) is 34.1 Å². The number of nitrogens with zero attached hydrogens (tertiary/aromatic N) is 7. The molecule has 0 N–H and O–H groups in total. The molecule has 4 aromatic heterocycles. The number of rotatable bonds is 5. The van der Waals surface area contributed by atoms with Crippen LogP contribution in [-0.2, 0) is 13.0 Å². The van der Waals surface area contributed by atoms with E-state index in [-0.39, 0.29) is 5.82 Å². The van der Waals surface area contributed by atoms with Gasteiger partial charge in [0.25, 0.3) is 0 Å². The zero-order valence-electron chi connectivity index (χ0n) is 14.6. The normalized spacial score (nSPS) is 11.3. The highest BCUT2D eigenvalue weighted by molar-refractivity contribution is 5.51. The molecule has 7 nitrogen and oxygen atoms in total. The second-order valence-electron chi connectivity index (χ2n) is 6.09. The predicted octanol–water partition coefficient (Wildman–Crippen LogP) is 2.83. The van der Waals surface area contributed by atoms with Crippen molar-refractivity contribution in [3.63, 3.8) is 0 Å². The number of aryl methyl sites for hydroxylation is 2. The van der Waals surface area contributed by atoms with Gasteiger partial charge in [0.2, 0.25) is 0 Å². The van der Waals surface area contributed by atoms with Crippen LogP contribution in [0.1, 0.15) is 30.4 Å². The van der Waals surface area contributed by atoms with Gasteiger partial charge in [0.15, 0.2) is 11.5 Å². The van der Waals surface area contributed by atoms with E-state index in [9.17, 15) is 4.39 Å². The highest BCUT2D eigenvalue weighted by atomic mass is 19.1. The molecule has 4 aromatic rings. The van der Waals surface area contributed by atoms with Crippen LogP contribution in [0.2, 0.25) is 0 Å². The topological polar surface area (TPSA) is 73.8 Å². The molecule has 0 fully saturated rings. The van der Waals surface area contributed by atoms with E-state index in [1.54, 1.807) is 23.1 Å². The fourth-order valence-corrected chi connectivity index (χ4v) is 3.03. The van der Waals surface area contributed by atoms with Crippen LogP contribution in [0.25, 0.3) is 17.2 Å². The van der Waals surface area contributed by atoms with Crippen LogP contribution in [0.3, 0.4) is 0 Å². The van der Waals surface area contributed by atoms with Gasteiger partial charge >= 0.3 is 0 Å². The van der Waals surface area contributed by atoms with Gasteiger partial charge in [0, 0.05) is 18.0 Å².